The Morgan fingerprint density at radius 1 is 1.26 bits per heavy atom. The van der Waals surface area contributed by atoms with E-state index in [1.54, 1.807) is 18.5 Å². The predicted molar refractivity (Wildman–Crippen MR) is 86.9 cm³/mol. The zero-order chi connectivity index (χ0) is 16.7. The van der Waals surface area contributed by atoms with Gasteiger partial charge in [-0.1, -0.05) is 0 Å². The highest BCUT2D eigenvalue weighted by Crippen LogP contribution is 2.07. The third-order valence-electron chi connectivity index (χ3n) is 3.21. The summed E-state index contributed by atoms with van der Waals surface area (Å²) in [5.41, 5.74) is 0.626. The molecule has 2 N–H and O–H groups in total. The molecule has 10 heteroatoms. The van der Waals surface area contributed by atoms with Crippen LogP contribution in [0.15, 0.2) is 12.1 Å². The van der Waals surface area contributed by atoms with Crippen LogP contribution in [0.1, 0.15) is 19.2 Å². The maximum absolute atomic E-state index is 11.4. The lowest BCUT2D eigenvalue weighted by molar-refractivity contribution is 0.197. The molecule has 0 amide bonds. The average Bonchev–Trinajstić information content (AvgIpc) is 2.94. The molecule has 0 aromatic carbocycles. The van der Waals surface area contributed by atoms with E-state index in [-0.39, 0.29) is 12.3 Å². The molecule has 0 aliphatic heterocycles. The molecule has 2 rings (SSSR count). The number of nitrogens with one attached hydrogen (secondary N) is 2. The summed E-state index contributed by atoms with van der Waals surface area (Å²) in [6, 6.07) is 3.65. The molecule has 0 bridgehead atoms. The van der Waals surface area contributed by atoms with E-state index < -0.39 is 10.0 Å². The Kier molecular flexibility index (Phi) is 6.25. The molecule has 9 nitrogen and oxygen atoms in total. The van der Waals surface area contributed by atoms with Gasteiger partial charge in [0.15, 0.2) is 11.5 Å². The third-order valence-corrected chi connectivity index (χ3v) is 4.61. The molecule has 2 aromatic rings. The molecular weight excluding hydrogens is 320 g/mol. The Bertz CT molecular complexity index is 730. The third kappa shape index (κ3) is 5.12. The minimum absolute atomic E-state index is 0.0569. The minimum atomic E-state index is -3.20. The van der Waals surface area contributed by atoms with E-state index in [0.29, 0.717) is 30.3 Å². The molecule has 2 heterocycles. The van der Waals surface area contributed by atoms with Crippen molar-refractivity contribution < 1.29 is 13.2 Å². The molecule has 128 valence electrons. The lowest BCUT2D eigenvalue weighted by Gasteiger charge is -2.06. The standard InChI is InChI=1S/C13H22N6O3S/c1-3-23(20,21)15-9-7-13-17-16-12-6-5-11(18-19(12)13)14-8-4-10-22-2/h5-6,15H,3-4,7-10H2,1-2H3,(H,14,18). The highest BCUT2D eigenvalue weighted by molar-refractivity contribution is 7.89. The summed E-state index contributed by atoms with van der Waals surface area (Å²) >= 11 is 0. The fourth-order valence-corrected chi connectivity index (χ4v) is 2.55. The number of anilines is 1. The van der Waals surface area contributed by atoms with E-state index in [0.717, 1.165) is 13.0 Å². The van der Waals surface area contributed by atoms with E-state index in [4.69, 9.17) is 4.74 Å². The Morgan fingerprint density at radius 2 is 2.09 bits per heavy atom. The molecule has 0 spiro atoms. The van der Waals surface area contributed by atoms with Gasteiger partial charge in [0.2, 0.25) is 10.0 Å². The van der Waals surface area contributed by atoms with Crippen molar-refractivity contribution in [2.75, 3.05) is 37.9 Å². The van der Waals surface area contributed by atoms with Crippen molar-refractivity contribution in [2.45, 2.75) is 19.8 Å². The van der Waals surface area contributed by atoms with Crippen LogP contribution < -0.4 is 10.0 Å². The van der Waals surface area contributed by atoms with E-state index in [1.807, 2.05) is 12.1 Å². The molecule has 0 radical (unpaired) electrons. The SMILES string of the molecule is CCS(=O)(=O)NCCc1nnc2ccc(NCCCOC)nn12. The molecule has 0 saturated carbocycles. The van der Waals surface area contributed by atoms with Crippen LogP contribution in [0.4, 0.5) is 5.82 Å². The van der Waals surface area contributed by atoms with Gasteiger partial charge in [0, 0.05) is 33.2 Å². The van der Waals surface area contributed by atoms with Gasteiger partial charge >= 0.3 is 0 Å². The van der Waals surface area contributed by atoms with Crippen LogP contribution in [0.2, 0.25) is 0 Å². The fraction of sp³-hybridized carbons (Fsp3) is 0.615. The van der Waals surface area contributed by atoms with Gasteiger partial charge in [0.05, 0.1) is 5.75 Å². The predicted octanol–water partition coefficient (Wildman–Crippen LogP) is 0.0545. The maximum atomic E-state index is 11.4. The highest BCUT2D eigenvalue weighted by atomic mass is 32.2. The molecule has 2 aromatic heterocycles. The number of ether oxygens (including phenoxy) is 1. The van der Waals surface area contributed by atoms with E-state index >= 15 is 0 Å². The zero-order valence-corrected chi connectivity index (χ0v) is 14.1. The summed E-state index contributed by atoms with van der Waals surface area (Å²) in [6.45, 7) is 3.30. The first-order valence-electron chi connectivity index (χ1n) is 7.47. The highest BCUT2D eigenvalue weighted by Gasteiger charge is 2.10. The molecule has 23 heavy (non-hydrogen) atoms. The summed E-state index contributed by atoms with van der Waals surface area (Å²) < 4.78 is 32.0. The number of hydrogen-bond acceptors (Lipinski definition) is 7. The number of aromatic nitrogens is 4. The molecule has 0 atom stereocenters. The first-order valence-corrected chi connectivity index (χ1v) is 9.12. The first-order chi connectivity index (χ1) is 11.1. The van der Waals surface area contributed by atoms with E-state index in [9.17, 15) is 8.42 Å². The summed E-state index contributed by atoms with van der Waals surface area (Å²) in [6.07, 6.45) is 1.30. The quantitative estimate of drug-likeness (QED) is 0.587. The van der Waals surface area contributed by atoms with Gasteiger partial charge in [-0.25, -0.2) is 13.1 Å². The van der Waals surface area contributed by atoms with Crippen molar-refractivity contribution in [3.8, 4) is 0 Å². The van der Waals surface area contributed by atoms with Gasteiger partial charge in [-0.3, -0.25) is 0 Å². The van der Waals surface area contributed by atoms with Crippen molar-refractivity contribution in [3.63, 3.8) is 0 Å². The molecule has 0 unspecified atom stereocenters. The van der Waals surface area contributed by atoms with Gasteiger partial charge in [-0.05, 0) is 25.5 Å². The molecule has 0 aliphatic rings. The number of hydrogen-bond donors (Lipinski definition) is 2. The van der Waals surface area contributed by atoms with E-state index in [1.165, 1.54) is 0 Å². The largest absolute Gasteiger partial charge is 0.385 e. The Morgan fingerprint density at radius 3 is 2.83 bits per heavy atom. The molecule has 0 aliphatic carbocycles. The smallest absolute Gasteiger partial charge is 0.211 e. The summed E-state index contributed by atoms with van der Waals surface area (Å²) in [5, 5.41) is 15.7. The van der Waals surface area contributed by atoms with E-state index in [2.05, 4.69) is 25.3 Å². The second kappa shape index (κ2) is 8.18. The van der Waals surface area contributed by atoms with Crippen LogP contribution in [-0.2, 0) is 21.2 Å². The topological polar surface area (TPSA) is 111 Å². The summed E-state index contributed by atoms with van der Waals surface area (Å²) in [7, 11) is -1.54. The average molecular weight is 342 g/mol. The van der Waals surface area contributed by atoms with Crippen LogP contribution in [0, 0.1) is 0 Å². The van der Waals surface area contributed by atoms with Crippen LogP contribution in [0.3, 0.4) is 0 Å². The summed E-state index contributed by atoms with van der Waals surface area (Å²) in [5.74, 6) is 1.38. The Balaban J connectivity index is 2.00. The van der Waals surface area contributed by atoms with Gasteiger partial charge in [-0.2, -0.15) is 4.52 Å². The lowest BCUT2D eigenvalue weighted by atomic mass is 10.4. The Hall–Kier alpha value is -1.78. The normalized spacial score (nSPS) is 11.9. The lowest BCUT2D eigenvalue weighted by Crippen LogP contribution is -2.27. The number of fused-ring (bicyclic) bond motifs is 1. The molecular formula is C13H22N6O3S. The van der Waals surface area contributed by atoms with Crippen LogP contribution >= 0.6 is 0 Å². The van der Waals surface area contributed by atoms with Crippen LogP contribution in [0.25, 0.3) is 5.65 Å². The Labute approximate surface area is 135 Å². The molecule has 0 saturated heterocycles. The van der Waals surface area contributed by atoms with Crippen molar-refractivity contribution in [1.29, 1.82) is 0 Å². The van der Waals surface area contributed by atoms with Crippen LogP contribution in [-0.4, -0.2) is 60.8 Å². The van der Waals surface area contributed by atoms with Crippen molar-refractivity contribution in [3.05, 3.63) is 18.0 Å². The van der Waals surface area contributed by atoms with Crippen LogP contribution in [0.5, 0.6) is 0 Å². The van der Waals surface area contributed by atoms with Crippen molar-refractivity contribution in [2.24, 2.45) is 0 Å². The second-order valence-electron chi connectivity index (χ2n) is 4.93. The summed E-state index contributed by atoms with van der Waals surface area (Å²) in [4.78, 5) is 0. The number of sulfonamides is 1. The van der Waals surface area contributed by atoms with Crippen molar-refractivity contribution in [1.82, 2.24) is 24.5 Å². The van der Waals surface area contributed by atoms with Gasteiger partial charge < -0.3 is 10.1 Å². The van der Waals surface area contributed by atoms with Gasteiger partial charge in [-0.15, -0.1) is 15.3 Å². The molecule has 0 fully saturated rings. The minimum Gasteiger partial charge on any atom is -0.385 e. The number of methoxy groups -OCH3 is 1. The fourth-order valence-electron chi connectivity index (χ4n) is 1.94. The van der Waals surface area contributed by atoms with Gasteiger partial charge in [0.1, 0.15) is 5.82 Å². The maximum Gasteiger partial charge on any atom is 0.211 e. The zero-order valence-electron chi connectivity index (χ0n) is 13.3. The van der Waals surface area contributed by atoms with Crippen molar-refractivity contribution >= 4 is 21.5 Å². The monoisotopic (exact) mass is 342 g/mol. The first kappa shape index (κ1) is 17.6. The van der Waals surface area contributed by atoms with Gasteiger partial charge in [0.25, 0.3) is 0 Å². The second-order valence-corrected chi connectivity index (χ2v) is 7.02. The number of nitrogens with zero attached hydrogens (tertiary/aromatic N) is 4. The number of rotatable bonds is 10.